The molecule has 1 unspecified atom stereocenters. The normalized spacial score (nSPS) is 19.2. The second-order valence-electron chi connectivity index (χ2n) is 6.67. The molecule has 1 saturated heterocycles. The van der Waals surface area contributed by atoms with Gasteiger partial charge in [0.05, 0.1) is 12.2 Å². The van der Waals surface area contributed by atoms with Crippen molar-refractivity contribution < 1.29 is 14.3 Å². The highest BCUT2D eigenvalue weighted by atomic mass is 16.6. The first-order valence-corrected chi connectivity index (χ1v) is 8.87. The van der Waals surface area contributed by atoms with Gasteiger partial charge in [-0.1, -0.05) is 6.07 Å². The Balaban J connectivity index is 1.45. The Morgan fingerprint density at radius 1 is 1.28 bits per heavy atom. The Hall–Kier alpha value is -2.50. The largest absolute Gasteiger partial charge is 0.486 e. The minimum atomic E-state index is 0.136. The number of aromatic nitrogens is 2. The average molecular weight is 341 g/mol. The number of carbonyl (C=O) groups excluding carboxylic acids is 1. The average Bonchev–Trinajstić information content (AvgIpc) is 3.28. The monoisotopic (exact) mass is 341 g/mol. The first kappa shape index (κ1) is 16.0. The number of nitrogens with zero attached hydrogens (tertiary/aromatic N) is 3. The molecule has 3 heterocycles. The van der Waals surface area contributed by atoms with E-state index in [0.717, 1.165) is 48.4 Å². The van der Waals surface area contributed by atoms with Crippen molar-refractivity contribution in [1.29, 1.82) is 0 Å². The number of carbonyl (C=O) groups is 1. The summed E-state index contributed by atoms with van der Waals surface area (Å²) >= 11 is 0. The second-order valence-corrected chi connectivity index (χ2v) is 6.67. The third-order valence-electron chi connectivity index (χ3n) is 4.91. The van der Waals surface area contributed by atoms with Crippen LogP contribution in [0.3, 0.4) is 0 Å². The number of ether oxygens (including phenoxy) is 2. The summed E-state index contributed by atoms with van der Waals surface area (Å²) in [7, 11) is 1.89. The van der Waals surface area contributed by atoms with E-state index < -0.39 is 0 Å². The zero-order valence-corrected chi connectivity index (χ0v) is 14.5. The van der Waals surface area contributed by atoms with Crippen LogP contribution in [-0.2, 0) is 18.3 Å². The van der Waals surface area contributed by atoms with Crippen LogP contribution in [0.2, 0.25) is 0 Å². The molecule has 0 saturated carbocycles. The van der Waals surface area contributed by atoms with Gasteiger partial charge in [-0.3, -0.25) is 9.48 Å². The van der Waals surface area contributed by atoms with Crippen molar-refractivity contribution >= 4 is 5.91 Å². The topological polar surface area (TPSA) is 56.6 Å². The number of hydrogen-bond acceptors (Lipinski definition) is 4. The zero-order chi connectivity index (χ0) is 17.2. The fourth-order valence-electron chi connectivity index (χ4n) is 3.67. The Labute approximate surface area is 147 Å². The highest BCUT2D eigenvalue weighted by Crippen LogP contribution is 2.38. The molecule has 0 aliphatic carbocycles. The fraction of sp³-hybridized carbons (Fsp3) is 0.474. The van der Waals surface area contributed by atoms with Crippen LogP contribution in [0.4, 0.5) is 0 Å². The molecule has 132 valence electrons. The van der Waals surface area contributed by atoms with Crippen molar-refractivity contribution in [2.45, 2.75) is 31.7 Å². The molecule has 6 heteroatoms. The van der Waals surface area contributed by atoms with Gasteiger partial charge >= 0.3 is 0 Å². The quantitative estimate of drug-likeness (QED) is 0.857. The lowest BCUT2D eigenvalue weighted by molar-refractivity contribution is -0.132. The number of aryl methyl sites for hydroxylation is 2. The van der Waals surface area contributed by atoms with Crippen LogP contribution < -0.4 is 9.47 Å². The van der Waals surface area contributed by atoms with E-state index in [9.17, 15) is 4.79 Å². The zero-order valence-electron chi connectivity index (χ0n) is 14.5. The number of rotatable bonds is 4. The third kappa shape index (κ3) is 3.34. The summed E-state index contributed by atoms with van der Waals surface area (Å²) in [6.45, 7) is 1.99. The van der Waals surface area contributed by atoms with Crippen LogP contribution >= 0.6 is 0 Å². The molecule has 2 aliphatic rings. The predicted molar refractivity (Wildman–Crippen MR) is 92.6 cm³/mol. The summed E-state index contributed by atoms with van der Waals surface area (Å²) in [5, 5.41) is 4.16. The van der Waals surface area contributed by atoms with Gasteiger partial charge in [-0.25, -0.2) is 0 Å². The Morgan fingerprint density at radius 2 is 2.12 bits per heavy atom. The molecule has 25 heavy (non-hydrogen) atoms. The van der Waals surface area contributed by atoms with Crippen LogP contribution in [0.5, 0.6) is 11.5 Å². The number of fused-ring (bicyclic) bond motifs is 1. The summed E-state index contributed by atoms with van der Waals surface area (Å²) < 4.78 is 13.1. The molecule has 1 amide bonds. The minimum Gasteiger partial charge on any atom is -0.486 e. The van der Waals surface area contributed by atoms with Gasteiger partial charge in [0.2, 0.25) is 5.91 Å². The van der Waals surface area contributed by atoms with E-state index in [1.807, 2.05) is 36.5 Å². The Bertz CT molecular complexity index is 771. The van der Waals surface area contributed by atoms with Crippen molar-refractivity contribution in [2.75, 3.05) is 19.8 Å². The number of hydrogen-bond donors (Lipinski definition) is 0. The van der Waals surface area contributed by atoms with E-state index in [2.05, 4.69) is 11.2 Å². The van der Waals surface area contributed by atoms with Crippen LogP contribution in [0.1, 0.15) is 36.4 Å². The van der Waals surface area contributed by atoms with E-state index >= 15 is 0 Å². The van der Waals surface area contributed by atoms with Crippen molar-refractivity contribution in [3.05, 3.63) is 41.7 Å². The molecular weight excluding hydrogens is 318 g/mol. The molecule has 2 aromatic rings. The van der Waals surface area contributed by atoms with Gasteiger partial charge in [0.15, 0.2) is 11.5 Å². The molecule has 0 spiro atoms. The molecule has 6 nitrogen and oxygen atoms in total. The Kier molecular flexibility index (Phi) is 4.34. The molecule has 1 aromatic carbocycles. The van der Waals surface area contributed by atoms with Gasteiger partial charge in [0, 0.05) is 26.2 Å². The molecule has 0 bridgehead atoms. The number of benzene rings is 1. The van der Waals surface area contributed by atoms with Gasteiger partial charge in [-0.2, -0.15) is 5.10 Å². The molecule has 1 fully saturated rings. The van der Waals surface area contributed by atoms with Gasteiger partial charge in [-0.15, -0.1) is 0 Å². The number of likely N-dealkylation sites (tertiary alicyclic amines) is 1. The molecule has 2 aliphatic heterocycles. The molecular formula is C19H23N3O3. The minimum absolute atomic E-state index is 0.136. The maximum Gasteiger partial charge on any atom is 0.223 e. The number of amides is 1. The molecule has 0 N–H and O–H groups in total. The van der Waals surface area contributed by atoms with Crippen molar-refractivity contribution in [1.82, 2.24) is 14.7 Å². The summed E-state index contributed by atoms with van der Waals surface area (Å²) in [6, 6.07) is 6.19. The lowest BCUT2D eigenvalue weighted by Gasteiger charge is -2.26. The first-order chi connectivity index (χ1) is 12.2. The summed E-state index contributed by atoms with van der Waals surface area (Å²) in [5.41, 5.74) is 2.24. The molecule has 4 rings (SSSR count). The van der Waals surface area contributed by atoms with Crippen LogP contribution in [-0.4, -0.2) is 40.3 Å². The molecule has 1 aromatic heterocycles. The first-order valence-electron chi connectivity index (χ1n) is 8.87. The van der Waals surface area contributed by atoms with Crippen LogP contribution in [0.15, 0.2) is 30.6 Å². The lowest BCUT2D eigenvalue weighted by Crippen LogP contribution is -2.30. The summed E-state index contributed by atoms with van der Waals surface area (Å²) in [4.78, 5) is 14.8. The van der Waals surface area contributed by atoms with E-state index in [-0.39, 0.29) is 11.9 Å². The maximum atomic E-state index is 12.7. The van der Waals surface area contributed by atoms with Crippen molar-refractivity contribution in [3.63, 3.8) is 0 Å². The predicted octanol–water partition coefficient (Wildman–Crippen LogP) is 2.49. The highest BCUT2D eigenvalue weighted by Gasteiger charge is 2.30. The van der Waals surface area contributed by atoms with Crippen LogP contribution in [0.25, 0.3) is 0 Å². The van der Waals surface area contributed by atoms with Gasteiger partial charge in [0.1, 0.15) is 13.2 Å². The van der Waals surface area contributed by atoms with Gasteiger partial charge < -0.3 is 14.4 Å². The van der Waals surface area contributed by atoms with E-state index in [0.29, 0.717) is 19.6 Å². The highest BCUT2D eigenvalue weighted by molar-refractivity contribution is 5.77. The van der Waals surface area contributed by atoms with Gasteiger partial charge in [-0.05, 0) is 42.5 Å². The second kappa shape index (κ2) is 6.78. The third-order valence-corrected chi connectivity index (χ3v) is 4.91. The van der Waals surface area contributed by atoms with Crippen molar-refractivity contribution in [3.8, 4) is 11.5 Å². The summed E-state index contributed by atoms with van der Waals surface area (Å²) in [6.07, 6.45) is 7.09. The molecule has 0 radical (unpaired) electrons. The maximum absolute atomic E-state index is 12.7. The lowest BCUT2D eigenvalue weighted by atomic mass is 10.0. The van der Waals surface area contributed by atoms with E-state index in [4.69, 9.17) is 9.47 Å². The van der Waals surface area contributed by atoms with Crippen LogP contribution in [0, 0.1) is 0 Å². The van der Waals surface area contributed by atoms with Gasteiger partial charge in [0.25, 0.3) is 0 Å². The Morgan fingerprint density at radius 3 is 2.92 bits per heavy atom. The SMILES string of the molecule is Cn1cc(CCC(=O)N2CCCC2c2ccc3c(c2)OCCO3)cn1. The van der Waals surface area contributed by atoms with Crippen molar-refractivity contribution in [2.24, 2.45) is 7.05 Å². The standard InChI is InChI=1S/C19H23N3O3/c1-21-13-14(12-20-21)4-7-19(23)22-8-2-3-16(22)15-5-6-17-18(11-15)25-10-9-24-17/h5-6,11-13,16H,2-4,7-10H2,1H3. The van der Waals surface area contributed by atoms with E-state index in [1.165, 1.54) is 0 Å². The summed E-state index contributed by atoms with van der Waals surface area (Å²) in [5.74, 6) is 1.79. The smallest absolute Gasteiger partial charge is 0.223 e. The fourth-order valence-corrected chi connectivity index (χ4v) is 3.67. The molecule has 1 atom stereocenters. The van der Waals surface area contributed by atoms with E-state index in [1.54, 1.807) is 4.68 Å².